The number of amides is 1. The van der Waals surface area contributed by atoms with Crippen LogP contribution in [0.15, 0.2) is 83.7 Å². The van der Waals surface area contributed by atoms with Crippen LogP contribution in [0.4, 0.5) is 11.4 Å². The average molecular weight is 440 g/mol. The van der Waals surface area contributed by atoms with Crippen molar-refractivity contribution < 1.29 is 19.2 Å². The Morgan fingerprint density at radius 2 is 1.76 bits per heavy atom. The summed E-state index contributed by atoms with van der Waals surface area (Å²) in [4.78, 5) is 32.5. The highest BCUT2D eigenvalue weighted by atomic mass is 16.5. The molecular formula is C24H18N5O4+. The lowest BCUT2D eigenvalue weighted by molar-refractivity contribution is -0.428. The highest BCUT2D eigenvalue weighted by molar-refractivity contribution is 6.04. The molecule has 0 saturated carbocycles. The van der Waals surface area contributed by atoms with Crippen molar-refractivity contribution in [1.29, 1.82) is 0 Å². The number of benzene rings is 3. The van der Waals surface area contributed by atoms with Gasteiger partial charge in [0.1, 0.15) is 5.52 Å². The van der Waals surface area contributed by atoms with Crippen LogP contribution in [0.2, 0.25) is 0 Å². The summed E-state index contributed by atoms with van der Waals surface area (Å²) >= 11 is 0. The molecule has 9 nitrogen and oxygen atoms in total. The number of nitrogens with one attached hydrogen (secondary N) is 1. The quantitative estimate of drug-likeness (QED) is 0.297. The van der Waals surface area contributed by atoms with Crippen molar-refractivity contribution in [2.24, 2.45) is 0 Å². The van der Waals surface area contributed by atoms with Crippen molar-refractivity contribution in [3.63, 3.8) is 0 Å². The third kappa shape index (κ3) is 3.83. The minimum Gasteiger partial charge on any atom is -0.444 e. The molecule has 0 saturated heterocycles. The largest absolute Gasteiger partial charge is 0.444 e. The predicted molar refractivity (Wildman–Crippen MR) is 121 cm³/mol. The molecule has 1 amide bonds. The number of fused-ring (bicyclic) bond motifs is 1. The van der Waals surface area contributed by atoms with Crippen LogP contribution in [0.5, 0.6) is 0 Å². The standard InChI is InChI=1S/C24H17N5O4/c1-28(31)19-10-11-20-21(12-19)29(32)23(27-20)16-6-8-18(9-7-16)26-24(30)17-4-2-15(3-5-17)22-13-25-14-33-22/h2-14H,1H3,(H-,26,27,30,31,32)/p+1. The third-order valence-electron chi connectivity index (χ3n) is 5.24. The van der Waals surface area contributed by atoms with Crippen LogP contribution in [0.25, 0.3) is 33.7 Å². The van der Waals surface area contributed by atoms with Crippen LogP contribution in [0, 0.1) is 4.91 Å². The van der Waals surface area contributed by atoms with E-state index in [1.54, 1.807) is 72.9 Å². The maximum absolute atomic E-state index is 12.6. The van der Waals surface area contributed by atoms with Gasteiger partial charge in [0.15, 0.2) is 25.0 Å². The summed E-state index contributed by atoms with van der Waals surface area (Å²) < 4.78 is 6.92. The molecule has 0 spiro atoms. The summed E-state index contributed by atoms with van der Waals surface area (Å²) in [7, 11) is 1.39. The van der Waals surface area contributed by atoms with Crippen molar-refractivity contribution in [2.45, 2.75) is 0 Å². The molecule has 0 bridgehead atoms. The SMILES string of the molecule is C[N+](=O)c1ccc2nc(-c3ccc(NC(=O)c4ccc(-c5cnco5)cc4)cc3)n(O)c2c1. The second-order valence-electron chi connectivity index (χ2n) is 7.39. The Kier molecular flexibility index (Phi) is 4.91. The number of carbonyl (C=O) groups is 1. The molecule has 0 radical (unpaired) electrons. The minimum absolute atomic E-state index is 0.254. The van der Waals surface area contributed by atoms with Gasteiger partial charge in [-0.2, -0.15) is 4.73 Å². The molecule has 0 unspecified atom stereocenters. The van der Waals surface area contributed by atoms with Crippen LogP contribution < -0.4 is 5.32 Å². The van der Waals surface area contributed by atoms with E-state index < -0.39 is 0 Å². The average Bonchev–Trinajstić information content (AvgIpc) is 3.48. The van der Waals surface area contributed by atoms with Gasteiger partial charge in [-0.1, -0.05) is 12.1 Å². The highest BCUT2D eigenvalue weighted by Crippen LogP contribution is 2.27. The molecule has 0 atom stereocenters. The zero-order valence-electron chi connectivity index (χ0n) is 17.5. The summed E-state index contributed by atoms with van der Waals surface area (Å²) in [5.41, 5.74) is 3.98. The molecule has 5 rings (SSSR count). The molecule has 0 aliphatic heterocycles. The summed E-state index contributed by atoms with van der Waals surface area (Å²) in [5.74, 6) is 0.704. The summed E-state index contributed by atoms with van der Waals surface area (Å²) in [5, 5.41) is 13.4. The summed E-state index contributed by atoms with van der Waals surface area (Å²) in [6.45, 7) is 0. The van der Waals surface area contributed by atoms with Crippen molar-refractivity contribution >= 4 is 28.3 Å². The first-order valence-electron chi connectivity index (χ1n) is 10.0. The van der Waals surface area contributed by atoms with Gasteiger partial charge in [0.2, 0.25) is 0 Å². The van der Waals surface area contributed by atoms with Crippen LogP contribution >= 0.6 is 0 Å². The number of oxazole rings is 1. The lowest BCUT2D eigenvalue weighted by Crippen LogP contribution is -2.11. The first-order chi connectivity index (χ1) is 16.0. The smallest absolute Gasteiger partial charge is 0.257 e. The highest BCUT2D eigenvalue weighted by Gasteiger charge is 2.16. The van der Waals surface area contributed by atoms with Crippen LogP contribution in [-0.2, 0) is 0 Å². The number of rotatable bonds is 5. The normalized spacial score (nSPS) is 10.9. The number of aromatic nitrogens is 3. The lowest BCUT2D eigenvalue weighted by Gasteiger charge is -2.07. The lowest BCUT2D eigenvalue weighted by atomic mass is 10.1. The van der Waals surface area contributed by atoms with E-state index in [-0.39, 0.29) is 5.91 Å². The number of hydrogen-bond acceptors (Lipinski definition) is 6. The Labute approximate surface area is 187 Å². The monoisotopic (exact) mass is 440 g/mol. The molecular weight excluding hydrogens is 422 g/mol. The Balaban J connectivity index is 1.34. The van der Waals surface area contributed by atoms with Gasteiger partial charge in [-0.05, 0) is 42.5 Å². The Morgan fingerprint density at radius 1 is 1.03 bits per heavy atom. The molecule has 162 valence electrons. The van der Waals surface area contributed by atoms with Gasteiger partial charge in [0, 0.05) is 44.2 Å². The molecule has 2 heterocycles. The van der Waals surface area contributed by atoms with Gasteiger partial charge in [-0.15, -0.1) is 0 Å². The number of anilines is 1. The van der Waals surface area contributed by atoms with Gasteiger partial charge >= 0.3 is 0 Å². The number of nitroso groups, excluding NO2 is 1. The fraction of sp³-hybridized carbons (Fsp3) is 0.0417. The van der Waals surface area contributed by atoms with Gasteiger partial charge in [-0.3, -0.25) is 4.79 Å². The van der Waals surface area contributed by atoms with Crippen molar-refractivity contribution in [3.05, 3.63) is 89.8 Å². The zero-order chi connectivity index (χ0) is 22.9. The second kappa shape index (κ2) is 8.04. The number of nitrogens with zero attached hydrogens (tertiary/aromatic N) is 4. The predicted octanol–water partition coefficient (Wildman–Crippen LogP) is 4.89. The van der Waals surface area contributed by atoms with E-state index in [4.69, 9.17) is 4.42 Å². The van der Waals surface area contributed by atoms with Gasteiger partial charge < -0.3 is 14.9 Å². The molecule has 0 aliphatic carbocycles. The maximum Gasteiger partial charge on any atom is 0.257 e. The Bertz CT molecular complexity index is 1470. The van der Waals surface area contributed by atoms with Gasteiger partial charge in [-0.25, -0.2) is 9.97 Å². The maximum atomic E-state index is 12.6. The first kappa shape index (κ1) is 20.1. The van der Waals surface area contributed by atoms with E-state index in [2.05, 4.69) is 15.3 Å². The molecule has 2 N–H and O–H groups in total. The molecule has 3 aromatic carbocycles. The molecule has 0 aliphatic rings. The van der Waals surface area contributed by atoms with Crippen LogP contribution in [-0.4, -0.2) is 37.6 Å². The number of hydrogen-bond donors (Lipinski definition) is 2. The topological polar surface area (TPSA) is 113 Å². The third-order valence-corrected chi connectivity index (χ3v) is 5.24. The van der Waals surface area contributed by atoms with Gasteiger partial charge in [0.25, 0.3) is 11.6 Å². The minimum atomic E-state index is -0.254. The Hall–Kier alpha value is -4.79. The molecule has 33 heavy (non-hydrogen) atoms. The van der Waals surface area contributed by atoms with E-state index in [0.29, 0.717) is 49.9 Å². The van der Waals surface area contributed by atoms with Crippen molar-refractivity contribution in [1.82, 2.24) is 14.7 Å². The zero-order valence-corrected chi connectivity index (χ0v) is 17.5. The first-order valence-corrected chi connectivity index (χ1v) is 10.0. The summed E-state index contributed by atoms with van der Waals surface area (Å²) in [6, 6.07) is 18.8. The molecule has 2 aromatic heterocycles. The summed E-state index contributed by atoms with van der Waals surface area (Å²) in [6.07, 6.45) is 2.96. The molecule has 9 heteroatoms. The van der Waals surface area contributed by atoms with Crippen LogP contribution in [0.1, 0.15) is 10.4 Å². The van der Waals surface area contributed by atoms with E-state index in [0.717, 1.165) is 10.3 Å². The molecule has 0 fully saturated rings. The molecule has 5 aromatic rings. The second-order valence-corrected chi connectivity index (χ2v) is 7.39. The van der Waals surface area contributed by atoms with Gasteiger partial charge in [0.05, 0.1) is 11.7 Å². The van der Waals surface area contributed by atoms with Crippen molar-refractivity contribution in [2.75, 3.05) is 12.4 Å². The van der Waals surface area contributed by atoms with E-state index in [1.165, 1.54) is 13.4 Å². The van der Waals surface area contributed by atoms with Crippen molar-refractivity contribution in [3.8, 4) is 22.7 Å². The van der Waals surface area contributed by atoms with Crippen LogP contribution in [0.3, 0.4) is 0 Å². The Morgan fingerprint density at radius 3 is 2.42 bits per heavy atom. The number of carbonyl (C=O) groups excluding carboxylic acids is 1. The van der Waals surface area contributed by atoms with E-state index in [1.807, 2.05) is 0 Å². The van der Waals surface area contributed by atoms with E-state index in [9.17, 15) is 14.9 Å². The fourth-order valence-corrected chi connectivity index (χ4v) is 3.48. The fourth-order valence-electron chi connectivity index (χ4n) is 3.48. The van der Waals surface area contributed by atoms with E-state index >= 15 is 0 Å². The number of imidazole rings is 1.